The molecule has 0 aliphatic carbocycles. The van der Waals surface area contributed by atoms with Gasteiger partial charge < -0.3 is 5.32 Å². The van der Waals surface area contributed by atoms with Crippen molar-refractivity contribution < 1.29 is 17.6 Å². The van der Waals surface area contributed by atoms with Crippen molar-refractivity contribution in [2.45, 2.75) is 17.1 Å². The van der Waals surface area contributed by atoms with E-state index in [0.717, 1.165) is 35.6 Å². The molecule has 3 rings (SSSR count). The van der Waals surface area contributed by atoms with E-state index < -0.39 is 26.8 Å². The maximum atomic E-state index is 13.0. The van der Waals surface area contributed by atoms with Crippen LogP contribution in [0.15, 0.2) is 52.7 Å². The molecule has 2 aromatic carbocycles. The van der Waals surface area contributed by atoms with E-state index in [0.29, 0.717) is 21.3 Å². The van der Waals surface area contributed by atoms with Crippen LogP contribution in [-0.2, 0) is 14.6 Å². The van der Waals surface area contributed by atoms with Crippen LogP contribution >= 0.6 is 34.5 Å². The second-order valence-corrected chi connectivity index (χ2v) is 9.76. The van der Waals surface area contributed by atoms with Crippen molar-refractivity contribution in [3.63, 3.8) is 0 Å². The second-order valence-electron chi connectivity index (χ2n) is 5.79. The summed E-state index contributed by atoms with van der Waals surface area (Å²) in [7, 11) is -3.97. The molecule has 28 heavy (non-hydrogen) atoms. The molecule has 1 N–H and O–H groups in total. The van der Waals surface area contributed by atoms with Crippen molar-refractivity contribution in [2.75, 3.05) is 5.32 Å². The van der Waals surface area contributed by atoms with Gasteiger partial charge >= 0.3 is 0 Å². The Morgan fingerprint density at radius 3 is 2.54 bits per heavy atom. The first kappa shape index (κ1) is 20.7. The zero-order chi connectivity index (χ0) is 20.5. The maximum Gasteiger partial charge on any atom is 0.244 e. The van der Waals surface area contributed by atoms with Gasteiger partial charge in [0.2, 0.25) is 5.91 Å². The van der Waals surface area contributed by atoms with Gasteiger partial charge in [0.25, 0.3) is 0 Å². The van der Waals surface area contributed by atoms with E-state index >= 15 is 0 Å². The zero-order valence-electron chi connectivity index (χ0n) is 14.3. The van der Waals surface area contributed by atoms with Gasteiger partial charge in [0.15, 0.2) is 15.0 Å². The third kappa shape index (κ3) is 4.35. The topological polar surface area (TPSA) is 76.1 Å². The van der Waals surface area contributed by atoms with Gasteiger partial charge in [-0.3, -0.25) is 4.79 Å². The lowest BCUT2D eigenvalue weighted by atomic mass is 10.2. The minimum absolute atomic E-state index is 0.137. The van der Waals surface area contributed by atoms with Crippen LogP contribution in [0.5, 0.6) is 0 Å². The number of rotatable bonds is 5. The van der Waals surface area contributed by atoms with E-state index in [1.54, 1.807) is 23.6 Å². The minimum atomic E-state index is -3.97. The van der Waals surface area contributed by atoms with Gasteiger partial charge in [0, 0.05) is 16.0 Å². The highest BCUT2D eigenvalue weighted by Crippen LogP contribution is 2.32. The number of halogens is 3. The summed E-state index contributed by atoms with van der Waals surface area (Å²) in [5.41, 5.74) is 1.10. The molecule has 0 aliphatic heterocycles. The number of thiazole rings is 1. The Kier molecular flexibility index (Phi) is 6.04. The Hall–Kier alpha value is -2.00. The standard InChI is InChI=1S/C18H13Cl2FN2O3S2/c1-10(28(25,26)13-5-3-12(21)4-6-13)17(24)23-18-22-16(9-27-18)14-8-11(19)2-7-15(14)20/h2-10H,1H3,(H,22,23,24). The van der Waals surface area contributed by atoms with Gasteiger partial charge in [-0.2, -0.15) is 0 Å². The summed E-state index contributed by atoms with van der Waals surface area (Å²) in [5.74, 6) is -1.31. The molecule has 0 spiro atoms. The summed E-state index contributed by atoms with van der Waals surface area (Å²) in [4.78, 5) is 16.6. The number of sulfone groups is 1. The largest absolute Gasteiger partial charge is 0.301 e. The second kappa shape index (κ2) is 8.16. The van der Waals surface area contributed by atoms with Crippen molar-refractivity contribution in [1.82, 2.24) is 4.98 Å². The number of carbonyl (C=O) groups excluding carboxylic acids is 1. The lowest BCUT2D eigenvalue weighted by molar-refractivity contribution is -0.115. The Balaban J connectivity index is 1.79. The number of nitrogens with one attached hydrogen (secondary N) is 1. The molecule has 1 unspecified atom stereocenters. The molecule has 3 aromatic rings. The lowest BCUT2D eigenvalue weighted by Gasteiger charge is -2.12. The first-order valence-electron chi connectivity index (χ1n) is 7.90. The van der Waals surface area contributed by atoms with E-state index in [4.69, 9.17) is 23.2 Å². The van der Waals surface area contributed by atoms with Gasteiger partial charge in [0.05, 0.1) is 15.6 Å². The van der Waals surface area contributed by atoms with Crippen LogP contribution in [0.25, 0.3) is 11.3 Å². The molecule has 0 aliphatic rings. The van der Waals surface area contributed by atoms with Crippen molar-refractivity contribution in [3.05, 3.63) is 63.7 Å². The molecule has 146 valence electrons. The number of hydrogen-bond donors (Lipinski definition) is 1. The highest BCUT2D eigenvalue weighted by Gasteiger charge is 2.30. The number of benzene rings is 2. The zero-order valence-corrected chi connectivity index (χ0v) is 17.5. The van der Waals surface area contributed by atoms with E-state index in [2.05, 4.69) is 10.3 Å². The number of hydrogen-bond acceptors (Lipinski definition) is 5. The summed E-state index contributed by atoms with van der Waals surface area (Å²) in [5, 5.41) is 3.92. The first-order chi connectivity index (χ1) is 13.2. The van der Waals surface area contributed by atoms with Crippen LogP contribution in [0.4, 0.5) is 9.52 Å². The van der Waals surface area contributed by atoms with Gasteiger partial charge in [-0.05, 0) is 49.4 Å². The Morgan fingerprint density at radius 1 is 1.18 bits per heavy atom. The highest BCUT2D eigenvalue weighted by atomic mass is 35.5. The van der Waals surface area contributed by atoms with Crippen LogP contribution in [0.3, 0.4) is 0 Å². The summed E-state index contributed by atoms with van der Waals surface area (Å²) in [6.07, 6.45) is 0. The normalized spacial score (nSPS) is 12.6. The van der Waals surface area contributed by atoms with Crippen LogP contribution in [0, 0.1) is 5.82 Å². The monoisotopic (exact) mass is 458 g/mol. The van der Waals surface area contributed by atoms with Crippen LogP contribution in [0.1, 0.15) is 6.92 Å². The van der Waals surface area contributed by atoms with E-state index in [1.807, 2.05) is 0 Å². The number of nitrogens with zero attached hydrogens (tertiary/aromatic N) is 1. The molecule has 0 saturated heterocycles. The molecular formula is C18H13Cl2FN2O3S2. The maximum absolute atomic E-state index is 13.0. The summed E-state index contributed by atoms with van der Waals surface area (Å²) >= 11 is 13.2. The highest BCUT2D eigenvalue weighted by molar-refractivity contribution is 7.92. The average molecular weight is 459 g/mol. The van der Waals surface area contributed by atoms with Crippen LogP contribution in [-0.4, -0.2) is 24.6 Å². The summed E-state index contributed by atoms with van der Waals surface area (Å²) in [6, 6.07) is 9.22. The lowest BCUT2D eigenvalue weighted by Crippen LogP contribution is -2.32. The fourth-order valence-corrected chi connectivity index (χ4v) is 4.69. The summed E-state index contributed by atoms with van der Waals surface area (Å²) in [6.45, 7) is 1.26. The number of carbonyl (C=O) groups is 1. The first-order valence-corrected chi connectivity index (χ1v) is 11.1. The molecule has 0 saturated carbocycles. The quantitative estimate of drug-likeness (QED) is 0.542. The van der Waals surface area contributed by atoms with E-state index in [-0.39, 0.29) is 10.0 Å². The average Bonchev–Trinajstić information content (AvgIpc) is 3.11. The van der Waals surface area contributed by atoms with Crippen molar-refractivity contribution >= 4 is 55.4 Å². The smallest absolute Gasteiger partial charge is 0.244 e. The van der Waals surface area contributed by atoms with E-state index in [1.165, 1.54) is 6.92 Å². The molecular weight excluding hydrogens is 446 g/mol. The minimum Gasteiger partial charge on any atom is -0.301 e. The molecule has 0 fully saturated rings. The molecule has 1 aromatic heterocycles. The van der Waals surface area contributed by atoms with Gasteiger partial charge in [-0.1, -0.05) is 23.2 Å². The van der Waals surface area contributed by atoms with Crippen molar-refractivity contribution in [2.24, 2.45) is 0 Å². The molecule has 1 atom stereocenters. The third-order valence-corrected chi connectivity index (χ3v) is 7.31. The molecule has 0 bridgehead atoms. The number of amides is 1. The van der Waals surface area contributed by atoms with E-state index in [9.17, 15) is 17.6 Å². The number of aromatic nitrogens is 1. The molecule has 10 heteroatoms. The van der Waals surface area contributed by atoms with Crippen LogP contribution < -0.4 is 5.32 Å². The molecule has 0 radical (unpaired) electrons. The van der Waals surface area contributed by atoms with Gasteiger partial charge in [-0.15, -0.1) is 11.3 Å². The molecule has 1 heterocycles. The van der Waals surface area contributed by atoms with Crippen molar-refractivity contribution in [3.8, 4) is 11.3 Å². The fraction of sp³-hybridized carbons (Fsp3) is 0.111. The SMILES string of the molecule is CC(C(=O)Nc1nc(-c2cc(Cl)ccc2Cl)cs1)S(=O)(=O)c1ccc(F)cc1. The fourth-order valence-electron chi connectivity index (χ4n) is 2.32. The van der Waals surface area contributed by atoms with Crippen molar-refractivity contribution in [1.29, 1.82) is 0 Å². The molecule has 5 nitrogen and oxygen atoms in total. The predicted molar refractivity (Wildman–Crippen MR) is 109 cm³/mol. The Morgan fingerprint density at radius 2 is 1.86 bits per heavy atom. The Bertz CT molecular complexity index is 1130. The Labute approximate surface area is 175 Å². The molecule has 1 amide bonds. The predicted octanol–water partition coefficient (Wildman–Crippen LogP) is 5.06. The summed E-state index contributed by atoms with van der Waals surface area (Å²) < 4.78 is 38.1. The number of anilines is 1. The van der Waals surface area contributed by atoms with Gasteiger partial charge in [0.1, 0.15) is 11.1 Å². The third-order valence-electron chi connectivity index (χ3n) is 3.92. The van der Waals surface area contributed by atoms with Crippen LogP contribution in [0.2, 0.25) is 10.0 Å². The van der Waals surface area contributed by atoms with Gasteiger partial charge in [-0.25, -0.2) is 17.8 Å².